The molecule has 0 spiro atoms. The topological polar surface area (TPSA) is 62.2 Å². The fourth-order valence-corrected chi connectivity index (χ4v) is 2.91. The fourth-order valence-electron chi connectivity index (χ4n) is 2.70. The highest BCUT2D eigenvalue weighted by atomic mass is 35.5. The molecule has 0 aliphatic heterocycles. The Morgan fingerprint density at radius 1 is 1.43 bits per heavy atom. The molecule has 5 heteroatoms. The number of rotatable bonds is 4. The van der Waals surface area contributed by atoms with Crippen LogP contribution in [-0.4, -0.2) is 28.6 Å². The number of hydrogen-bond acceptors (Lipinski definition) is 3. The Hall–Kier alpha value is -1.13. The van der Waals surface area contributed by atoms with Crippen LogP contribution in [0.4, 0.5) is 0 Å². The van der Waals surface area contributed by atoms with Crippen LogP contribution in [0.15, 0.2) is 12.1 Å². The maximum atomic E-state index is 12.2. The van der Waals surface area contributed by atoms with E-state index in [1.54, 1.807) is 12.1 Å². The van der Waals surface area contributed by atoms with Crippen LogP contribution in [0.25, 0.3) is 0 Å². The highest BCUT2D eigenvalue weighted by molar-refractivity contribution is 6.29. The molecule has 1 saturated carbocycles. The zero-order valence-corrected chi connectivity index (χ0v) is 13.4. The number of amides is 1. The van der Waals surface area contributed by atoms with Crippen molar-refractivity contribution < 1.29 is 9.90 Å². The van der Waals surface area contributed by atoms with E-state index in [-0.39, 0.29) is 23.8 Å². The van der Waals surface area contributed by atoms with Gasteiger partial charge in [0.2, 0.25) is 0 Å². The quantitative estimate of drug-likeness (QED) is 0.840. The summed E-state index contributed by atoms with van der Waals surface area (Å²) in [7, 11) is 0. The summed E-state index contributed by atoms with van der Waals surface area (Å²) in [6, 6.07) is 3.36. The van der Waals surface area contributed by atoms with Gasteiger partial charge in [0.15, 0.2) is 0 Å². The van der Waals surface area contributed by atoms with Crippen LogP contribution in [0, 0.1) is 5.92 Å². The zero-order valence-electron chi connectivity index (χ0n) is 12.6. The molecule has 1 amide bonds. The van der Waals surface area contributed by atoms with Gasteiger partial charge < -0.3 is 10.4 Å². The van der Waals surface area contributed by atoms with E-state index in [9.17, 15) is 9.90 Å². The van der Waals surface area contributed by atoms with Gasteiger partial charge in [-0.2, -0.15) is 0 Å². The third-order valence-electron chi connectivity index (χ3n) is 4.06. The second-order valence-corrected chi connectivity index (χ2v) is 6.47. The van der Waals surface area contributed by atoms with Crippen LogP contribution in [0.2, 0.25) is 5.15 Å². The number of aliphatic hydroxyl groups excluding tert-OH is 1. The van der Waals surface area contributed by atoms with Gasteiger partial charge in [-0.15, -0.1) is 0 Å². The van der Waals surface area contributed by atoms with Gasteiger partial charge in [0.25, 0.3) is 5.91 Å². The second-order valence-electron chi connectivity index (χ2n) is 6.08. The van der Waals surface area contributed by atoms with Crippen molar-refractivity contribution in [2.45, 2.75) is 51.6 Å². The number of aliphatic hydroxyl groups is 1. The normalized spacial score (nSPS) is 22.3. The van der Waals surface area contributed by atoms with Gasteiger partial charge in [-0.3, -0.25) is 4.79 Å². The Kier molecular flexibility index (Phi) is 5.59. The van der Waals surface area contributed by atoms with Crippen molar-refractivity contribution in [1.29, 1.82) is 0 Å². The van der Waals surface area contributed by atoms with Crippen molar-refractivity contribution in [1.82, 2.24) is 10.3 Å². The summed E-state index contributed by atoms with van der Waals surface area (Å²) in [4.78, 5) is 16.5. The van der Waals surface area contributed by atoms with Gasteiger partial charge in [0.05, 0.1) is 6.10 Å². The molecule has 1 fully saturated rings. The van der Waals surface area contributed by atoms with Crippen LogP contribution in [-0.2, 0) is 0 Å². The molecule has 1 aliphatic rings. The Balaban J connectivity index is 1.99. The van der Waals surface area contributed by atoms with Gasteiger partial charge >= 0.3 is 0 Å². The molecule has 0 bridgehead atoms. The minimum atomic E-state index is -0.300. The summed E-state index contributed by atoms with van der Waals surface area (Å²) in [5.41, 5.74) is 1.34. The second kappa shape index (κ2) is 7.23. The van der Waals surface area contributed by atoms with Gasteiger partial charge in [-0.1, -0.05) is 38.3 Å². The lowest BCUT2D eigenvalue weighted by Crippen LogP contribution is -2.36. The van der Waals surface area contributed by atoms with E-state index < -0.39 is 0 Å². The first kappa shape index (κ1) is 16.2. The van der Waals surface area contributed by atoms with Gasteiger partial charge in [0.1, 0.15) is 5.15 Å². The molecule has 0 saturated heterocycles. The molecule has 1 aliphatic carbocycles. The van der Waals surface area contributed by atoms with Gasteiger partial charge in [0, 0.05) is 23.7 Å². The Morgan fingerprint density at radius 3 is 2.81 bits per heavy atom. The number of pyridine rings is 1. The molecule has 2 unspecified atom stereocenters. The molecule has 2 atom stereocenters. The number of hydrogen-bond donors (Lipinski definition) is 2. The van der Waals surface area contributed by atoms with Crippen LogP contribution in [0.1, 0.15) is 61.5 Å². The maximum absolute atomic E-state index is 12.2. The lowest BCUT2D eigenvalue weighted by atomic mass is 9.86. The van der Waals surface area contributed by atoms with Gasteiger partial charge in [-0.25, -0.2) is 4.98 Å². The first-order valence-electron chi connectivity index (χ1n) is 7.61. The molecular formula is C16H23ClN2O2. The standard InChI is InChI=1S/C16H23ClN2O2/c1-10(2)13-7-12(8-15(17)19-13)16(21)18-9-11-5-3-4-6-14(11)20/h7-8,10-11,14,20H,3-6,9H2,1-2H3,(H,18,21). The summed E-state index contributed by atoms with van der Waals surface area (Å²) in [6.07, 6.45) is 3.69. The van der Waals surface area contributed by atoms with Crippen LogP contribution >= 0.6 is 11.6 Å². The molecule has 2 N–H and O–H groups in total. The number of halogens is 1. The fraction of sp³-hybridized carbons (Fsp3) is 0.625. The van der Waals surface area contributed by atoms with Crippen LogP contribution in [0.5, 0.6) is 0 Å². The van der Waals surface area contributed by atoms with Gasteiger partial charge in [-0.05, 0) is 30.9 Å². The molecular weight excluding hydrogens is 288 g/mol. The number of nitrogens with zero attached hydrogens (tertiary/aromatic N) is 1. The average molecular weight is 311 g/mol. The molecule has 1 heterocycles. The molecule has 0 aromatic carbocycles. The largest absolute Gasteiger partial charge is 0.393 e. The van der Waals surface area contributed by atoms with Crippen molar-refractivity contribution >= 4 is 17.5 Å². The van der Waals surface area contributed by atoms with E-state index in [2.05, 4.69) is 10.3 Å². The third kappa shape index (κ3) is 4.42. The number of carbonyl (C=O) groups is 1. The highest BCUT2D eigenvalue weighted by Gasteiger charge is 2.23. The lowest BCUT2D eigenvalue weighted by Gasteiger charge is -2.27. The summed E-state index contributed by atoms with van der Waals surface area (Å²) >= 11 is 5.98. The van der Waals surface area contributed by atoms with Crippen molar-refractivity contribution in [3.63, 3.8) is 0 Å². The van der Waals surface area contributed by atoms with Crippen molar-refractivity contribution in [2.24, 2.45) is 5.92 Å². The van der Waals surface area contributed by atoms with E-state index in [0.717, 1.165) is 31.4 Å². The molecule has 1 aromatic heterocycles. The molecule has 4 nitrogen and oxygen atoms in total. The van der Waals surface area contributed by atoms with E-state index in [1.165, 1.54) is 0 Å². The number of nitrogens with one attached hydrogen (secondary N) is 1. The Morgan fingerprint density at radius 2 is 2.14 bits per heavy atom. The SMILES string of the molecule is CC(C)c1cc(C(=O)NCC2CCCCC2O)cc(Cl)n1. The average Bonchev–Trinajstić information content (AvgIpc) is 2.45. The maximum Gasteiger partial charge on any atom is 0.251 e. The smallest absolute Gasteiger partial charge is 0.251 e. The molecule has 1 aromatic rings. The van der Waals surface area contributed by atoms with Crippen molar-refractivity contribution in [2.75, 3.05) is 6.54 Å². The summed E-state index contributed by atoms with van der Waals surface area (Å²) in [6.45, 7) is 4.54. The predicted molar refractivity (Wildman–Crippen MR) is 83.6 cm³/mol. The summed E-state index contributed by atoms with van der Waals surface area (Å²) in [5.74, 6) is 0.221. The number of carbonyl (C=O) groups excluding carboxylic acids is 1. The van der Waals surface area contributed by atoms with Crippen molar-refractivity contribution in [3.05, 3.63) is 28.5 Å². The van der Waals surface area contributed by atoms with Crippen LogP contribution < -0.4 is 5.32 Å². The minimum absolute atomic E-state index is 0.154. The zero-order chi connectivity index (χ0) is 15.4. The predicted octanol–water partition coefficient (Wildman–Crippen LogP) is 3.14. The first-order chi connectivity index (χ1) is 9.97. The van der Waals surface area contributed by atoms with E-state index in [4.69, 9.17) is 11.6 Å². The van der Waals surface area contributed by atoms with Crippen molar-refractivity contribution in [3.8, 4) is 0 Å². The van der Waals surface area contributed by atoms with E-state index in [0.29, 0.717) is 17.3 Å². The van der Waals surface area contributed by atoms with E-state index >= 15 is 0 Å². The summed E-state index contributed by atoms with van der Waals surface area (Å²) in [5, 5.41) is 13.2. The monoisotopic (exact) mass is 310 g/mol. The number of aromatic nitrogens is 1. The highest BCUT2D eigenvalue weighted by Crippen LogP contribution is 2.24. The minimum Gasteiger partial charge on any atom is -0.393 e. The molecule has 0 radical (unpaired) electrons. The molecule has 116 valence electrons. The Labute approximate surface area is 130 Å². The first-order valence-corrected chi connectivity index (χ1v) is 7.99. The lowest BCUT2D eigenvalue weighted by molar-refractivity contribution is 0.0663. The van der Waals surface area contributed by atoms with E-state index in [1.807, 2.05) is 13.8 Å². The third-order valence-corrected chi connectivity index (χ3v) is 4.26. The molecule has 21 heavy (non-hydrogen) atoms. The van der Waals surface area contributed by atoms with Crippen LogP contribution in [0.3, 0.4) is 0 Å². The molecule has 2 rings (SSSR count). The Bertz CT molecular complexity index is 505. The summed E-state index contributed by atoms with van der Waals surface area (Å²) < 4.78 is 0.